The molecule has 2 rings (SSSR count). The molecule has 22 heavy (non-hydrogen) atoms. The van der Waals surface area contributed by atoms with E-state index in [0.29, 0.717) is 10.8 Å². The summed E-state index contributed by atoms with van der Waals surface area (Å²) in [7, 11) is 0. The Morgan fingerprint density at radius 2 is 2.09 bits per heavy atom. The molecule has 1 amide bonds. The van der Waals surface area contributed by atoms with Crippen molar-refractivity contribution in [1.29, 1.82) is 0 Å². The number of hydrogen-bond acceptors (Lipinski definition) is 5. The van der Waals surface area contributed by atoms with Crippen LogP contribution in [0.25, 0.3) is 0 Å². The highest BCUT2D eigenvalue weighted by Crippen LogP contribution is 2.20. The summed E-state index contributed by atoms with van der Waals surface area (Å²) in [5, 5.41) is 12.5. The van der Waals surface area contributed by atoms with Crippen LogP contribution >= 0.6 is 34.2 Å². The summed E-state index contributed by atoms with van der Waals surface area (Å²) < 4.78 is 5.61. The molecular weight excluding hydrogens is 423 g/mol. The first-order valence-corrected chi connectivity index (χ1v) is 7.48. The average Bonchev–Trinajstić information content (AvgIpc) is 2.49. The Labute approximate surface area is 144 Å². The van der Waals surface area contributed by atoms with Crippen molar-refractivity contribution in [2.75, 3.05) is 11.9 Å². The summed E-state index contributed by atoms with van der Waals surface area (Å²) in [5.74, 6) is -1.24. The lowest BCUT2D eigenvalue weighted by molar-refractivity contribution is -0.119. The molecule has 1 aromatic carbocycles. The minimum absolute atomic E-state index is 0.00400. The van der Waals surface area contributed by atoms with Crippen LogP contribution < -0.4 is 5.32 Å². The standard InChI is InChI=1S/C14H10ClIN2O4/c15-8-1-4-12(17-6-8)18-13(20)7-22-14(21)10-5-9(16)2-3-11(10)19/h1-6,19H,7H2,(H,17,18,20). The fourth-order valence-electron chi connectivity index (χ4n) is 1.51. The number of phenolic OH excluding ortho intramolecular Hbond substituents is 1. The molecule has 1 aromatic heterocycles. The Morgan fingerprint density at radius 1 is 1.32 bits per heavy atom. The molecule has 0 bridgehead atoms. The zero-order valence-corrected chi connectivity index (χ0v) is 14.0. The summed E-state index contributed by atoms with van der Waals surface area (Å²) in [6.45, 7) is -0.492. The Morgan fingerprint density at radius 3 is 2.77 bits per heavy atom. The maximum atomic E-state index is 11.8. The number of halogens is 2. The minimum atomic E-state index is -0.782. The van der Waals surface area contributed by atoms with Gasteiger partial charge in [0.1, 0.15) is 17.1 Å². The molecule has 0 saturated carbocycles. The van der Waals surface area contributed by atoms with E-state index in [1.165, 1.54) is 24.4 Å². The number of esters is 1. The first kappa shape index (κ1) is 16.5. The number of nitrogens with zero attached hydrogens (tertiary/aromatic N) is 1. The van der Waals surface area contributed by atoms with Crippen molar-refractivity contribution >= 4 is 51.9 Å². The number of aromatic nitrogens is 1. The van der Waals surface area contributed by atoms with Crippen molar-refractivity contribution < 1.29 is 19.4 Å². The third-order valence-corrected chi connectivity index (χ3v) is 3.40. The fraction of sp³-hybridized carbons (Fsp3) is 0.0714. The highest BCUT2D eigenvalue weighted by molar-refractivity contribution is 14.1. The van der Waals surface area contributed by atoms with E-state index in [1.54, 1.807) is 12.1 Å². The Hall–Kier alpha value is -1.87. The molecule has 0 fully saturated rings. The van der Waals surface area contributed by atoms with Gasteiger partial charge in [-0.3, -0.25) is 4.79 Å². The van der Waals surface area contributed by atoms with Crippen LogP contribution in [0.15, 0.2) is 36.5 Å². The summed E-state index contributed by atoms with van der Waals surface area (Å²) in [6, 6.07) is 7.59. The number of benzene rings is 1. The van der Waals surface area contributed by atoms with Crippen LogP contribution in [0.4, 0.5) is 5.82 Å². The van der Waals surface area contributed by atoms with E-state index in [9.17, 15) is 14.7 Å². The van der Waals surface area contributed by atoms with Gasteiger partial charge in [0.15, 0.2) is 6.61 Å². The smallest absolute Gasteiger partial charge is 0.342 e. The van der Waals surface area contributed by atoms with E-state index >= 15 is 0 Å². The van der Waals surface area contributed by atoms with E-state index in [4.69, 9.17) is 16.3 Å². The van der Waals surface area contributed by atoms with E-state index in [2.05, 4.69) is 10.3 Å². The van der Waals surface area contributed by atoms with E-state index < -0.39 is 18.5 Å². The zero-order valence-electron chi connectivity index (χ0n) is 11.0. The number of aromatic hydroxyl groups is 1. The van der Waals surface area contributed by atoms with Crippen LogP contribution in [0, 0.1) is 3.57 Å². The monoisotopic (exact) mass is 432 g/mol. The van der Waals surface area contributed by atoms with Gasteiger partial charge in [-0.2, -0.15) is 0 Å². The third kappa shape index (κ3) is 4.57. The molecule has 0 atom stereocenters. The molecule has 0 aliphatic heterocycles. The van der Waals surface area contributed by atoms with Crippen LogP contribution in [-0.4, -0.2) is 28.6 Å². The molecule has 2 N–H and O–H groups in total. The lowest BCUT2D eigenvalue weighted by Gasteiger charge is -2.07. The SMILES string of the molecule is O=C(COC(=O)c1cc(I)ccc1O)Nc1ccc(Cl)cn1. The van der Waals surface area contributed by atoms with Gasteiger partial charge >= 0.3 is 5.97 Å². The lowest BCUT2D eigenvalue weighted by atomic mass is 10.2. The number of ether oxygens (including phenoxy) is 1. The van der Waals surface area contributed by atoms with Gasteiger partial charge in [0.2, 0.25) is 0 Å². The van der Waals surface area contributed by atoms with Crippen LogP contribution in [0.2, 0.25) is 5.02 Å². The molecule has 114 valence electrons. The Bertz CT molecular complexity index is 706. The van der Waals surface area contributed by atoms with Gasteiger partial charge < -0.3 is 15.2 Å². The molecule has 0 saturated heterocycles. The van der Waals surface area contributed by atoms with Crippen LogP contribution in [-0.2, 0) is 9.53 Å². The second kappa shape index (κ2) is 7.41. The predicted octanol–water partition coefficient (Wildman–Crippen LogP) is 2.84. The number of nitrogens with one attached hydrogen (secondary N) is 1. The second-order valence-electron chi connectivity index (χ2n) is 4.15. The fourth-order valence-corrected chi connectivity index (χ4v) is 2.11. The third-order valence-electron chi connectivity index (χ3n) is 2.51. The second-order valence-corrected chi connectivity index (χ2v) is 5.83. The maximum Gasteiger partial charge on any atom is 0.342 e. The summed E-state index contributed by atoms with van der Waals surface area (Å²) >= 11 is 7.68. The van der Waals surface area contributed by atoms with Crippen LogP contribution in [0.5, 0.6) is 5.75 Å². The topological polar surface area (TPSA) is 88.5 Å². The van der Waals surface area contributed by atoms with Gasteiger partial charge in [-0.1, -0.05) is 11.6 Å². The molecule has 2 aromatic rings. The average molecular weight is 433 g/mol. The van der Waals surface area contributed by atoms with Crippen molar-refractivity contribution in [3.05, 3.63) is 50.7 Å². The first-order chi connectivity index (χ1) is 10.5. The highest BCUT2D eigenvalue weighted by atomic mass is 127. The number of hydrogen-bond donors (Lipinski definition) is 2. The summed E-state index contributed by atoms with van der Waals surface area (Å²) in [4.78, 5) is 27.4. The van der Waals surface area contributed by atoms with Gasteiger partial charge in [0.25, 0.3) is 5.91 Å². The molecule has 0 radical (unpaired) electrons. The number of phenols is 1. The lowest BCUT2D eigenvalue weighted by Crippen LogP contribution is -2.21. The minimum Gasteiger partial charge on any atom is -0.507 e. The van der Waals surface area contributed by atoms with Crippen molar-refractivity contribution in [2.24, 2.45) is 0 Å². The van der Waals surface area contributed by atoms with Gasteiger partial charge in [-0.25, -0.2) is 9.78 Å². The first-order valence-electron chi connectivity index (χ1n) is 6.03. The number of pyridine rings is 1. The van der Waals surface area contributed by atoms with Crippen molar-refractivity contribution in [3.8, 4) is 5.75 Å². The number of amides is 1. The van der Waals surface area contributed by atoms with Crippen LogP contribution in [0.1, 0.15) is 10.4 Å². The Balaban J connectivity index is 1.91. The number of carbonyl (C=O) groups is 2. The Kier molecular flexibility index (Phi) is 5.56. The molecule has 0 aliphatic carbocycles. The predicted molar refractivity (Wildman–Crippen MR) is 89.0 cm³/mol. The normalized spacial score (nSPS) is 10.1. The van der Waals surface area contributed by atoms with Crippen molar-refractivity contribution in [1.82, 2.24) is 4.98 Å². The molecule has 0 spiro atoms. The van der Waals surface area contributed by atoms with Gasteiger partial charge in [-0.05, 0) is 52.9 Å². The molecule has 6 nitrogen and oxygen atoms in total. The molecular formula is C14H10ClIN2O4. The van der Waals surface area contributed by atoms with E-state index in [-0.39, 0.29) is 11.3 Å². The molecule has 0 aliphatic rings. The van der Waals surface area contributed by atoms with Gasteiger partial charge in [0, 0.05) is 9.77 Å². The molecule has 0 unspecified atom stereocenters. The van der Waals surface area contributed by atoms with Crippen LogP contribution in [0.3, 0.4) is 0 Å². The quantitative estimate of drug-likeness (QED) is 0.573. The zero-order chi connectivity index (χ0) is 16.1. The largest absolute Gasteiger partial charge is 0.507 e. The summed E-state index contributed by atoms with van der Waals surface area (Å²) in [6.07, 6.45) is 1.38. The number of rotatable bonds is 4. The molecule has 8 heteroatoms. The number of carbonyl (C=O) groups excluding carboxylic acids is 2. The van der Waals surface area contributed by atoms with E-state index in [0.717, 1.165) is 3.57 Å². The maximum absolute atomic E-state index is 11.8. The van der Waals surface area contributed by atoms with Gasteiger partial charge in [-0.15, -0.1) is 0 Å². The van der Waals surface area contributed by atoms with Gasteiger partial charge in [0.05, 0.1) is 5.02 Å². The van der Waals surface area contributed by atoms with E-state index in [1.807, 2.05) is 22.6 Å². The number of anilines is 1. The van der Waals surface area contributed by atoms with Crippen molar-refractivity contribution in [3.63, 3.8) is 0 Å². The summed E-state index contributed by atoms with van der Waals surface area (Å²) in [5.41, 5.74) is 0.00400. The van der Waals surface area contributed by atoms with Crippen molar-refractivity contribution in [2.45, 2.75) is 0 Å². The highest BCUT2D eigenvalue weighted by Gasteiger charge is 2.15. The molecule has 1 heterocycles.